The quantitative estimate of drug-likeness (QED) is 0.796. The molecule has 0 aliphatic carbocycles. The summed E-state index contributed by atoms with van der Waals surface area (Å²) in [4.78, 5) is 12.0. The molecule has 1 N–H and O–H groups in total. The zero-order chi connectivity index (χ0) is 14.9. The van der Waals surface area contributed by atoms with Crippen molar-refractivity contribution in [3.05, 3.63) is 63.1 Å². The highest BCUT2D eigenvalue weighted by molar-refractivity contribution is 9.10. The molecule has 104 valence electrons. The van der Waals surface area contributed by atoms with Gasteiger partial charge < -0.3 is 5.32 Å². The maximum Gasteiger partial charge on any atom is 0.255 e. The summed E-state index contributed by atoms with van der Waals surface area (Å²) in [5.41, 5.74) is 2.23. The van der Waals surface area contributed by atoms with Gasteiger partial charge in [-0.25, -0.2) is 8.78 Å². The first-order valence-electron chi connectivity index (χ1n) is 5.91. The Labute approximate surface area is 123 Å². The highest BCUT2D eigenvalue weighted by Gasteiger charge is 2.13. The number of rotatable bonds is 2. The lowest BCUT2D eigenvalue weighted by atomic mass is 10.1. The van der Waals surface area contributed by atoms with Gasteiger partial charge in [-0.3, -0.25) is 4.79 Å². The van der Waals surface area contributed by atoms with Gasteiger partial charge in [0.15, 0.2) is 0 Å². The molecule has 5 heteroatoms. The zero-order valence-corrected chi connectivity index (χ0v) is 12.5. The fraction of sp³-hybridized carbons (Fsp3) is 0.133. The molecule has 0 saturated heterocycles. The van der Waals surface area contributed by atoms with Crippen LogP contribution in [0.3, 0.4) is 0 Å². The number of nitrogens with one attached hydrogen (secondary N) is 1. The second-order valence-corrected chi connectivity index (χ2v) is 5.35. The summed E-state index contributed by atoms with van der Waals surface area (Å²) < 4.78 is 27.0. The molecule has 0 atom stereocenters. The fourth-order valence-corrected chi connectivity index (χ4v) is 2.01. The van der Waals surface area contributed by atoms with Gasteiger partial charge in [-0.1, -0.05) is 6.07 Å². The van der Waals surface area contributed by atoms with Crippen molar-refractivity contribution in [2.45, 2.75) is 13.8 Å². The molecule has 0 heterocycles. The average molecular weight is 340 g/mol. The van der Waals surface area contributed by atoms with Crippen molar-refractivity contribution in [2.24, 2.45) is 0 Å². The molecule has 0 saturated carbocycles. The standard InChI is InChI=1S/C15H12BrF2NO/c1-8-3-4-10(5-9(8)2)15(20)19-14-7-12(17)11(16)6-13(14)18/h3-7H,1-2H3,(H,19,20). The number of amides is 1. The lowest BCUT2D eigenvalue weighted by Crippen LogP contribution is -2.13. The Balaban J connectivity index is 2.27. The van der Waals surface area contributed by atoms with E-state index in [9.17, 15) is 13.6 Å². The molecule has 2 aromatic rings. The van der Waals surface area contributed by atoms with E-state index < -0.39 is 17.5 Å². The molecular weight excluding hydrogens is 328 g/mol. The number of carbonyl (C=O) groups excluding carboxylic acids is 1. The summed E-state index contributed by atoms with van der Waals surface area (Å²) in [6.45, 7) is 3.81. The summed E-state index contributed by atoms with van der Waals surface area (Å²) in [7, 11) is 0. The first-order valence-corrected chi connectivity index (χ1v) is 6.71. The summed E-state index contributed by atoms with van der Waals surface area (Å²) >= 11 is 2.88. The van der Waals surface area contributed by atoms with Crippen LogP contribution in [0.5, 0.6) is 0 Å². The molecule has 2 rings (SSSR count). The average Bonchev–Trinajstić information content (AvgIpc) is 2.39. The van der Waals surface area contributed by atoms with E-state index in [1.165, 1.54) is 0 Å². The van der Waals surface area contributed by atoms with Crippen LogP contribution in [0.25, 0.3) is 0 Å². The van der Waals surface area contributed by atoms with E-state index in [1.54, 1.807) is 12.1 Å². The molecule has 0 radical (unpaired) electrons. The van der Waals surface area contributed by atoms with Crippen LogP contribution in [0, 0.1) is 25.5 Å². The molecule has 1 amide bonds. The van der Waals surface area contributed by atoms with Gasteiger partial charge >= 0.3 is 0 Å². The van der Waals surface area contributed by atoms with Crippen molar-refractivity contribution in [1.29, 1.82) is 0 Å². The molecule has 0 spiro atoms. The highest BCUT2D eigenvalue weighted by Crippen LogP contribution is 2.24. The monoisotopic (exact) mass is 339 g/mol. The van der Waals surface area contributed by atoms with E-state index in [0.717, 1.165) is 23.3 Å². The van der Waals surface area contributed by atoms with Gasteiger partial charge in [0.2, 0.25) is 0 Å². The molecule has 0 bridgehead atoms. The van der Waals surface area contributed by atoms with Gasteiger partial charge in [0.1, 0.15) is 11.6 Å². The van der Waals surface area contributed by atoms with Gasteiger partial charge in [-0.05, 0) is 59.1 Å². The van der Waals surface area contributed by atoms with Crippen molar-refractivity contribution in [3.8, 4) is 0 Å². The Morgan fingerprint density at radius 3 is 2.40 bits per heavy atom. The van der Waals surface area contributed by atoms with E-state index in [2.05, 4.69) is 21.2 Å². The minimum absolute atomic E-state index is 0.0131. The Hall–Kier alpha value is -1.75. The summed E-state index contributed by atoms with van der Waals surface area (Å²) in [6, 6.07) is 7.08. The third kappa shape index (κ3) is 3.04. The minimum Gasteiger partial charge on any atom is -0.319 e. The summed E-state index contributed by atoms with van der Waals surface area (Å²) in [5.74, 6) is -1.81. The molecule has 0 unspecified atom stereocenters. The highest BCUT2D eigenvalue weighted by atomic mass is 79.9. The zero-order valence-electron chi connectivity index (χ0n) is 10.9. The molecule has 2 nitrogen and oxygen atoms in total. The predicted molar refractivity (Wildman–Crippen MR) is 77.9 cm³/mol. The first kappa shape index (κ1) is 14.7. The Morgan fingerprint density at radius 2 is 1.75 bits per heavy atom. The number of benzene rings is 2. The molecule has 0 aliphatic heterocycles. The van der Waals surface area contributed by atoms with Crippen LogP contribution in [0.15, 0.2) is 34.8 Å². The Morgan fingerprint density at radius 1 is 1.05 bits per heavy atom. The van der Waals surface area contributed by atoms with E-state index >= 15 is 0 Å². The maximum atomic E-state index is 13.6. The third-order valence-electron chi connectivity index (χ3n) is 3.03. The SMILES string of the molecule is Cc1ccc(C(=O)Nc2cc(F)c(Br)cc2F)cc1C. The van der Waals surface area contributed by atoms with Crippen LogP contribution in [0.4, 0.5) is 14.5 Å². The maximum absolute atomic E-state index is 13.6. The lowest BCUT2D eigenvalue weighted by Gasteiger charge is -2.09. The second-order valence-electron chi connectivity index (χ2n) is 4.50. The Kier molecular flexibility index (Phi) is 4.18. The van der Waals surface area contributed by atoms with Crippen molar-refractivity contribution < 1.29 is 13.6 Å². The predicted octanol–water partition coefficient (Wildman–Crippen LogP) is 4.60. The van der Waals surface area contributed by atoms with Crippen LogP contribution in [-0.2, 0) is 0 Å². The van der Waals surface area contributed by atoms with Crippen LogP contribution in [-0.4, -0.2) is 5.91 Å². The number of carbonyl (C=O) groups is 1. The molecular formula is C15H12BrF2NO. The van der Waals surface area contributed by atoms with Crippen molar-refractivity contribution in [1.82, 2.24) is 0 Å². The van der Waals surface area contributed by atoms with E-state index in [0.29, 0.717) is 5.56 Å². The van der Waals surface area contributed by atoms with Crippen LogP contribution >= 0.6 is 15.9 Å². The van der Waals surface area contributed by atoms with E-state index in [1.807, 2.05) is 19.9 Å². The molecule has 0 aliphatic rings. The van der Waals surface area contributed by atoms with Gasteiger partial charge in [0.25, 0.3) is 5.91 Å². The molecule has 2 aromatic carbocycles. The number of hydrogen-bond acceptors (Lipinski definition) is 1. The summed E-state index contributed by atoms with van der Waals surface area (Å²) in [5, 5.41) is 2.37. The number of hydrogen-bond donors (Lipinski definition) is 1. The van der Waals surface area contributed by atoms with Gasteiger partial charge in [0.05, 0.1) is 10.2 Å². The number of halogens is 3. The lowest BCUT2D eigenvalue weighted by molar-refractivity contribution is 0.102. The van der Waals surface area contributed by atoms with Crippen LogP contribution < -0.4 is 5.32 Å². The normalized spacial score (nSPS) is 10.4. The van der Waals surface area contributed by atoms with Crippen molar-refractivity contribution >= 4 is 27.5 Å². The minimum atomic E-state index is -0.699. The van der Waals surface area contributed by atoms with Crippen LogP contribution in [0.2, 0.25) is 0 Å². The van der Waals surface area contributed by atoms with Gasteiger partial charge in [-0.2, -0.15) is 0 Å². The van der Waals surface area contributed by atoms with E-state index in [-0.39, 0.29) is 10.2 Å². The van der Waals surface area contributed by atoms with Crippen LogP contribution in [0.1, 0.15) is 21.5 Å². The smallest absolute Gasteiger partial charge is 0.255 e. The van der Waals surface area contributed by atoms with Gasteiger partial charge in [0, 0.05) is 11.6 Å². The van der Waals surface area contributed by atoms with Crippen molar-refractivity contribution in [2.75, 3.05) is 5.32 Å². The second kappa shape index (κ2) is 5.71. The molecule has 20 heavy (non-hydrogen) atoms. The fourth-order valence-electron chi connectivity index (χ4n) is 1.70. The molecule has 0 aromatic heterocycles. The number of aryl methyl sites for hydroxylation is 2. The number of anilines is 1. The third-order valence-corrected chi connectivity index (χ3v) is 3.63. The van der Waals surface area contributed by atoms with E-state index in [4.69, 9.17) is 0 Å². The van der Waals surface area contributed by atoms with Crippen molar-refractivity contribution in [3.63, 3.8) is 0 Å². The Bertz CT molecular complexity index is 686. The topological polar surface area (TPSA) is 29.1 Å². The summed E-state index contributed by atoms with van der Waals surface area (Å²) in [6.07, 6.45) is 0. The molecule has 0 fully saturated rings. The largest absolute Gasteiger partial charge is 0.319 e. The first-order chi connectivity index (χ1) is 9.38. The van der Waals surface area contributed by atoms with Gasteiger partial charge in [-0.15, -0.1) is 0 Å².